The first kappa shape index (κ1) is 14.8. The lowest BCUT2D eigenvalue weighted by Crippen LogP contribution is -2.27. The van der Waals surface area contributed by atoms with Gasteiger partial charge in [-0.1, -0.05) is 0 Å². The summed E-state index contributed by atoms with van der Waals surface area (Å²) in [6.07, 6.45) is 4.18. The van der Waals surface area contributed by atoms with Gasteiger partial charge in [0, 0.05) is 23.5 Å². The Morgan fingerprint density at radius 1 is 1.29 bits per heavy atom. The summed E-state index contributed by atoms with van der Waals surface area (Å²) in [5.74, 6) is 0.776. The number of hydrogen-bond donors (Lipinski definition) is 1. The molecule has 0 amide bonds. The van der Waals surface area contributed by atoms with Crippen molar-refractivity contribution in [3.05, 3.63) is 24.7 Å². The zero-order valence-electron chi connectivity index (χ0n) is 12.5. The highest BCUT2D eigenvalue weighted by Crippen LogP contribution is 2.26. The molecule has 0 bridgehead atoms. The molecule has 0 saturated carbocycles. The number of carbonyl (C=O) groups excluding carboxylic acids is 1. The van der Waals surface area contributed by atoms with Crippen molar-refractivity contribution in [3.8, 4) is 16.9 Å². The molecule has 21 heavy (non-hydrogen) atoms. The van der Waals surface area contributed by atoms with Crippen LogP contribution >= 0.6 is 0 Å². The average molecular weight is 290 g/mol. The van der Waals surface area contributed by atoms with Gasteiger partial charge in [-0.3, -0.25) is 0 Å². The second kappa shape index (κ2) is 5.43. The fourth-order valence-electron chi connectivity index (χ4n) is 1.66. The van der Waals surface area contributed by atoms with E-state index < -0.39 is 11.7 Å². The molecule has 0 atom stereocenters. The van der Waals surface area contributed by atoms with E-state index in [4.69, 9.17) is 15.2 Å². The lowest BCUT2D eigenvalue weighted by atomic mass is 10.1. The monoisotopic (exact) mass is 290 g/mol. The summed E-state index contributed by atoms with van der Waals surface area (Å²) in [4.78, 5) is 15.9. The van der Waals surface area contributed by atoms with Gasteiger partial charge in [-0.2, -0.15) is 9.78 Å². The van der Waals surface area contributed by atoms with Crippen LogP contribution < -0.4 is 10.5 Å². The lowest BCUT2D eigenvalue weighted by Gasteiger charge is -2.18. The highest BCUT2D eigenvalue weighted by Gasteiger charge is 2.19. The molecule has 2 aromatic heterocycles. The Labute approximate surface area is 122 Å². The quantitative estimate of drug-likeness (QED) is 0.912. The van der Waals surface area contributed by atoms with Gasteiger partial charge in [-0.25, -0.2) is 9.78 Å². The Morgan fingerprint density at radius 2 is 2.00 bits per heavy atom. The number of aromatic nitrogens is 3. The highest BCUT2D eigenvalue weighted by molar-refractivity contribution is 5.73. The summed E-state index contributed by atoms with van der Waals surface area (Å²) in [7, 11) is 1.52. The molecule has 7 heteroatoms. The molecule has 0 aliphatic carbocycles. The van der Waals surface area contributed by atoms with Crippen LogP contribution in [-0.2, 0) is 4.74 Å². The van der Waals surface area contributed by atoms with E-state index in [0.29, 0.717) is 17.1 Å². The topological polar surface area (TPSA) is 92.3 Å². The smallest absolute Gasteiger partial charge is 0.435 e. The van der Waals surface area contributed by atoms with E-state index in [1.54, 1.807) is 45.4 Å². The number of rotatable bonds is 2. The molecule has 112 valence electrons. The summed E-state index contributed by atoms with van der Waals surface area (Å²) in [6, 6.07) is 1.73. The Balaban J connectivity index is 2.26. The van der Waals surface area contributed by atoms with E-state index in [9.17, 15) is 4.79 Å². The van der Waals surface area contributed by atoms with Crippen LogP contribution in [0.4, 0.5) is 10.6 Å². The third-order valence-electron chi connectivity index (χ3n) is 2.60. The SMILES string of the molecule is COc1cc(-c2cnn(C(=O)OC(C)(C)C)c2)cnc1N. The predicted octanol–water partition coefficient (Wildman–Crippen LogP) is 2.32. The van der Waals surface area contributed by atoms with Gasteiger partial charge in [0.15, 0.2) is 11.6 Å². The first-order valence-electron chi connectivity index (χ1n) is 6.38. The molecule has 0 saturated heterocycles. The van der Waals surface area contributed by atoms with Crippen molar-refractivity contribution in [2.24, 2.45) is 0 Å². The van der Waals surface area contributed by atoms with Crippen molar-refractivity contribution in [1.82, 2.24) is 14.8 Å². The van der Waals surface area contributed by atoms with Gasteiger partial charge < -0.3 is 15.2 Å². The zero-order valence-corrected chi connectivity index (χ0v) is 12.5. The van der Waals surface area contributed by atoms with Crippen molar-refractivity contribution in [3.63, 3.8) is 0 Å². The fourth-order valence-corrected chi connectivity index (χ4v) is 1.66. The summed E-state index contributed by atoms with van der Waals surface area (Å²) < 4.78 is 11.5. The minimum atomic E-state index is -0.574. The summed E-state index contributed by atoms with van der Waals surface area (Å²) in [5, 5.41) is 4.00. The van der Waals surface area contributed by atoms with E-state index in [0.717, 1.165) is 10.2 Å². The van der Waals surface area contributed by atoms with E-state index in [1.165, 1.54) is 7.11 Å². The van der Waals surface area contributed by atoms with Gasteiger partial charge in [0.05, 0.1) is 13.3 Å². The second-order valence-electron chi connectivity index (χ2n) is 5.47. The minimum Gasteiger partial charge on any atom is -0.493 e. The second-order valence-corrected chi connectivity index (χ2v) is 5.47. The van der Waals surface area contributed by atoms with Gasteiger partial charge in [-0.15, -0.1) is 0 Å². The van der Waals surface area contributed by atoms with Gasteiger partial charge in [0.25, 0.3) is 0 Å². The molecular formula is C14H18N4O3. The van der Waals surface area contributed by atoms with Crippen LogP contribution in [0.25, 0.3) is 11.1 Å². The highest BCUT2D eigenvalue weighted by atomic mass is 16.6. The first-order valence-corrected chi connectivity index (χ1v) is 6.38. The number of methoxy groups -OCH3 is 1. The van der Waals surface area contributed by atoms with E-state index in [-0.39, 0.29) is 0 Å². The van der Waals surface area contributed by atoms with Gasteiger partial charge in [0.2, 0.25) is 0 Å². The van der Waals surface area contributed by atoms with E-state index >= 15 is 0 Å². The summed E-state index contributed by atoms with van der Waals surface area (Å²) >= 11 is 0. The Bertz CT molecular complexity index is 658. The Morgan fingerprint density at radius 3 is 2.62 bits per heavy atom. The molecule has 0 radical (unpaired) electrons. The number of ether oxygens (including phenoxy) is 2. The van der Waals surface area contributed by atoms with E-state index in [1.807, 2.05) is 0 Å². The molecular weight excluding hydrogens is 272 g/mol. The maximum absolute atomic E-state index is 11.9. The third kappa shape index (κ3) is 3.50. The molecule has 2 N–H and O–H groups in total. The molecule has 2 aromatic rings. The first-order chi connectivity index (χ1) is 9.80. The van der Waals surface area contributed by atoms with Crippen molar-refractivity contribution in [1.29, 1.82) is 0 Å². The van der Waals surface area contributed by atoms with Gasteiger partial charge in [-0.05, 0) is 26.8 Å². The van der Waals surface area contributed by atoms with Crippen molar-refractivity contribution < 1.29 is 14.3 Å². The number of nitrogens with zero attached hydrogens (tertiary/aromatic N) is 3. The molecule has 0 aliphatic heterocycles. The predicted molar refractivity (Wildman–Crippen MR) is 78.1 cm³/mol. The van der Waals surface area contributed by atoms with Crippen LogP contribution in [0.15, 0.2) is 24.7 Å². The summed E-state index contributed by atoms with van der Waals surface area (Å²) in [5.41, 5.74) is 6.56. The molecule has 0 spiro atoms. The maximum Gasteiger partial charge on any atom is 0.435 e. The Hall–Kier alpha value is -2.57. The number of nitrogen functional groups attached to an aromatic ring is 1. The molecule has 0 unspecified atom stereocenters. The minimum absolute atomic E-state index is 0.306. The number of hydrogen-bond acceptors (Lipinski definition) is 6. The lowest BCUT2D eigenvalue weighted by molar-refractivity contribution is 0.0514. The standard InChI is InChI=1S/C14H18N4O3/c1-14(2,3)21-13(19)18-8-10(7-17-18)9-5-11(20-4)12(15)16-6-9/h5-8H,1-4H3,(H2,15,16). The van der Waals surface area contributed by atoms with Crippen molar-refractivity contribution in [2.75, 3.05) is 12.8 Å². The van der Waals surface area contributed by atoms with Crippen LogP contribution in [0.5, 0.6) is 5.75 Å². The zero-order chi connectivity index (χ0) is 15.6. The van der Waals surface area contributed by atoms with Crippen molar-refractivity contribution >= 4 is 11.9 Å². The van der Waals surface area contributed by atoms with Crippen LogP contribution in [-0.4, -0.2) is 33.6 Å². The normalized spacial score (nSPS) is 11.2. The number of anilines is 1. The molecule has 0 fully saturated rings. The third-order valence-corrected chi connectivity index (χ3v) is 2.60. The van der Waals surface area contributed by atoms with Crippen LogP contribution in [0.1, 0.15) is 20.8 Å². The van der Waals surface area contributed by atoms with Crippen LogP contribution in [0, 0.1) is 0 Å². The number of nitrogens with two attached hydrogens (primary N) is 1. The molecule has 0 aromatic carbocycles. The average Bonchev–Trinajstić information content (AvgIpc) is 2.87. The van der Waals surface area contributed by atoms with Crippen LogP contribution in [0.2, 0.25) is 0 Å². The van der Waals surface area contributed by atoms with Crippen LogP contribution in [0.3, 0.4) is 0 Å². The van der Waals surface area contributed by atoms with E-state index in [2.05, 4.69) is 10.1 Å². The molecule has 0 aliphatic rings. The molecule has 2 rings (SSSR count). The number of pyridine rings is 1. The van der Waals surface area contributed by atoms with Gasteiger partial charge >= 0.3 is 6.09 Å². The Kier molecular flexibility index (Phi) is 3.84. The van der Waals surface area contributed by atoms with Crippen molar-refractivity contribution in [2.45, 2.75) is 26.4 Å². The molecule has 7 nitrogen and oxygen atoms in total. The largest absolute Gasteiger partial charge is 0.493 e. The number of carbonyl (C=O) groups is 1. The molecule has 2 heterocycles. The summed E-state index contributed by atoms with van der Waals surface area (Å²) in [6.45, 7) is 5.39. The van der Waals surface area contributed by atoms with Gasteiger partial charge in [0.1, 0.15) is 5.60 Å². The maximum atomic E-state index is 11.9. The fraction of sp³-hybridized carbons (Fsp3) is 0.357.